The molecule has 0 aromatic rings. The summed E-state index contributed by atoms with van der Waals surface area (Å²) in [5.41, 5.74) is 0. The van der Waals surface area contributed by atoms with Crippen LogP contribution in [0.4, 0.5) is 0 Å². The first kappa shape index (κ1) is 30.4. The van der Waals surface area contributed by atoms with Crippen molar-refractivity contribution >= 4 is 69.2 Å². The summed E-state index contributed by atoms with van der Waals surface area (Å²) in [5, 5.41) is 0.639. The molecule has 0 rings (SSSR count). The van der Waals surface area contributed by atoms with Crippen LogP contribution in [0, 0.1) is 5.92 Å². The summed E-state index contributed by atoms with van der Waals surface area (Å²) < 4.78 is -2.48. The van der Waals surface area contributed by atoms with Gasteiger partial charge in [0, 0.05) is 38.8 Å². The Morgan fingerprint density at radius 2 is 1.43 bits per heavy atom. The van der Waals surface area contributed by atoms with Gasteiger partial charge in [0.05, 0.1) is 0 Å². The van der Waals surface area contributed by atoms with E-state index in [0.717, 1.165) is 5.92 Å². The molecule has 0 aromatic carbocycles. The maximum Gasteiger partial charge on any atom is 0.0296 e. The third kappa shape index (κ3) is 6.50. The predicted octanol–water partition coefficient (Wildman–Crippen LogP) is 10.5. The molecule has 0 saturated carbocycles. The molecule has 0 aliphatic heterocycles. The van der Waals surface area contributed by atoms with Crippen LogP contribution in [0.1, 0.15) is 81.6 Å². The van der Waals surface area contributed by atoms with Crippen LogP contribution < -0.4 is 0 Å². The molecule has 0 unspecified atom stereocenters. The molecule has 0 N–H and O–H groups in total. The summed E-state index contributed by atoms with van der Waals surface area (Å²) in [6.45, 7) is 22.1. The van der Waals surface area contributed by atoms with E-state index in [4.69, 9.17) is 0 Å². The number of hydrogen-bond acceptors (Lipinski definition) is 6. The monoisotopic (exact) mass is 524 g/mol. The zero-order valence-electron chi connectivity index (χ0n) is 20.2. The summed E-state index contributed by atoms with van der Waals surface area (Å²) in [7, 11) is 12.0. The third-order valence-corrected chi connectivity index (χ3v) is 46.9. The number of hydrogen-bond donors (Lipinski definition) is 0. The number of rotatable bonds is 17. The number of unbranched alkanes of at least 4 members (excludes halogenated alkanes) is 1. The van der Waals surface area contributed by atoms with Crippen molar-refractivity contribution < 1.29 is 0 Å². The lowest BCUT2D eigenvalue weighted by molar-refractivity contribution is 0.752. The summed E-state index contributed by atoms with van der Waals surface area (Å²) in [6.07, 6.45) is 6.20. The molecule has 0 aliphatic carbocycles. The second-order valence-corrected chi connectivity index (χ2v) is 38.7. The van der Waals surface area contributed by atoms with Gasteiger partial charge in [0.1, 0.15) is 0 Å². The average molecular weight is 525 g/mol. The van der Waals surface area contributed by atoms with Crippen LogP contribution in [0.15, 0.2) is 0 Å². The van der Waals surface area contributed by atoms with Crippen molar-refractivity contribution in [3.05, 3.63) is 0 Å². The Bertz CT molecular complexity index is 454. The van der Waals surface area contributed by atoms with Crippen molar-refractivity contribution in [3.63, 3.8) is 0 Å². The van der Waals surface area contributed by atoms with Gasteiger partial charge in [-0.05, 0) is 38.9 Å². The fourth-order valence-electron chi connectivity index (χ4n) is 3.14. The first-order chi connectivity index (χ1) is 13.0. The number of thioether (sulfide) groups is 1. The van der Waals surface area contributed by atoms with Crippen LogP contribution in [0.5, 0.6) is 0 Å². The van der Waals surface area contributed by atoms with E-state index in [-0.39, 0.29) is 4.75 Å². The topological polar surface area (TPSA) is 0 Å². The van der Waals surface area contributed by atoms with Crippen LogP contribution in [0.2, 0.25) is 0 Å². The van der Waals surface area contributed by atoms with Crippen molar-refractivity contribution in [2.75, 3.05) is 35.0 Å². The largest absolute Gasteiger partial charge is 0.164 e. The molecule has 0 nitrogen and oxygen atoms in total. The molecule has 0 atom stereocenters. The lowest BCUT2D eigenvalue weighted by atomic mass is 10.2. The normalized spacial score (nSPS) is 15.9. The minimum atomic E-state index is -2.75. The van der Waals surface area contributed by atoms with Crippen molar-refractivity contribution in [2.24, 2.45) is 5.92 Å². The quantitative estimate of drug-likeness (QED) is 0.136. The molecule has 0 fully saturated rings. The van der Waals surface area contributed by atoms with E-state index in [0.29, 0.717) is 5.25 Å². The highest BCUT2D eigenvalue weighted by Crippen LogP contribution is 3.26. The van der Waals surface area contributed by atoms with Crippen LogP contribution in [-0.4, -0.2) is 45.0 Å². The van der Waals surface area contributed by atoms with Crippen LogP contribution >= 0.6 is 69.2 Å². The van der Waals surface area contributed by atoms with Crippen LogP contribution in [0.25, 0.3) is 0 Å². The summed E-state index contributed by atoms with van der Waals surface area (Å²) >= 11 is 2.06. The van der Waals surface area contributed by atoms with E-state index in [1.807, 2.05) is 0 Å². The van der Waals surface area contributed by atoms with Gasteiger partial charge in [0.25, 0.3) is 0 Å². The average Bonchev–Trinajstić information content (AvgIpc) is 2.59. The Balaban J connectivity index is 7.02. The summed E-state index contributed by atoms with van der Waals surface area (Å²) in [5.74, 6) is 7.01. The minimum absolute atomic E-state index is 0.271. The predicted molar refractivity (Wildman–Crippen MR) is 158 cm³/mol. The van der Waals surface area contributed by atoms with Crippen molar-refractivity contribution in [2.45, 2.75) is 91.6 Å². The van der Waals surface area contributed by atoms with Gasteiger partial charge in [-0.3, -0.25) is 0 Å². The molecule has 174 valence electrons. The zero-order valence-corrected chi connectivity index (χ0v) is 25.9. The van der Waals surface area contributed by atoms with Crippen molar-refractivity contribution in [3.8, 4) is 0 Å². The van der Waals surface area contributed by atoms with Crippen LogP contribution in [-0.2, 0) is 0 Å². The van der Waals surface area contributed by atoms with Crippen molar-refractivity contribution in [1.29, 1.82) is 0 Å². The molecule has 0 heterocycles. The van der Waals surface area contributed by atoms with E-state index in [2.05, 4.69) is 134 Å². The Morgan fingerprint density at radius 3 is 1.86 bits per heavy atom. The SMILES string of the molecule is CCCCSS(SCC)(SCCC)(SCC(C)C)(SC(C)C)C(C)(C)CSC. The van der Waals surface area contributed by atoms with Gasteiger partial charge in [0.15, 0.2) is 0 Å². The van der Waals surface area contributed by atoms with Gasteiger partial charge >= 0.3 is 0 Å². The maximum atomic E-state index is 2.62. The van der Waals surface area contributed by atoms with Gasteiger partial charge in [-0.1, -0.05) is 112 Å². The lowest BCUT2D eigenvalue weighted by Gasteiger charge is -2.83. The Hall–Kier alpha value is 2.45. The zero-order chi connectivity index (χ0) is 22.0. The van der Waals surface area contributed by atoms with Gasteiger partial charge in [-0.25, -0.2) is 0 Å². The van der Waals surface area contributed by atoms with Gasteiger partial charge in [-0.2, -0.15) is 11.8 Å². The molecule has 28 heavy (non-hydrogen) atoms. The standard InChI is InChI=1S/C21H48S7/c1-11-14-16-25-28(23-13-3,24-15-12-2,27-20(6)7,26-17-19(4)5)21(8,9)18-22-10/h19-20H,11-18H2,1-10H3. The highest BCUT2D eigenvalue weighted by molar-refractivity contribution is 9.97. The molecule has 0 aliphatic rings. The molecule has 0 aromatic heterocycles. The van der Waals surface area contributed by atoms with E-state index in [9.17, 15) is 0 Å². The molecular formula is C21H48S7. The first-order valence-corrected chi connectivity index (χ1v) is 22.1. The molecular weight excluding hydrogens is 477 g/mol. The Labute approximate surface area is 200 Å². The lowest BCUT2D eigenvalue weighted by Crippen LogP contribution is -2.44. The van der Waals surface area contributed by atoms with Gasteiger partial charge in [-0.15, -0.1) is 0 Å². The van der Waals surface area contributed by atoms with Gasteiger partial charge < -0.3 is 0 Å². The fourth-order valence-corrected chi connectivity index (χ4v) is 49.5. The fraction of sp³-hybridized carbons (Fsp3) is 1.00. The third-order valence-electron chi connectivity index (χ3n) is 4.41. The highest BCUT2D eigenvalue weighted by atomic mass is 34.4. The Morgan fingerprint density at radius 1 is 0.821 bits per heavy atom. The highest BCUT2D eigenvalue weighted by Gasteiger charge is 2.72. The molecule has 7 heteroatoms. The van der Waals surface area contributed by atoms with E-state index in [1.165, 1.54) is 48.0 Å². The second-order valence-electron chi connectivity index (χ2n) is 8.52. The Kier molecular flexibility index (Phi) is 13.7. The smallest absolute Gasteiger partial charge is 0.0296 e. The van der Waals surface area contributed by atoms with E-state index >= 15 is 0 Å². The van der Waals surface area contributed by atoms with Crippen LogP contribution in [0.3, 0.4) is 0 Å². The second kappa shape index (κ2) is 12.6. The van der Waals surface area contributed by atoms with Crippen molar-refractivity contribution in [1.82, 2.24) is 0 Å². The van der Waals surface area contributed by atoms with E-state index in [1.54, 1.807) is 0 Å². The first-order valence-electron chi connectivity index (χ1n) is 10.8. The molecule has 0 radical (unpaired) electrons. The minimum Gasteiger partial charge on any atom is -0.164 e. The van der Waals surface area contributed by atoms with E-state index < -0.39 is 3.45 Å². The van der Waals surface area contributed by atoms with Gasteiger partial charge in [0.2, 0.25) is 0 Å². The summed E-state index contributed by atoms with van der Waals surface area (Å²) in [4.78, 5) is 0. The molecule has 0 spiro atoms. The molecule has 0 amide bonds. The molecule has 0 bridgehead atoms. The maximum absolute atomic E-state index is 2.75. The summed E-state index contributed by atoms with van der Waals surface area (Å²) in [6, 6.07) is 0. The molecule has 0 saturated heterocycles.